The Bertz CT molecular complexity index is 2160. The first-order valence-electron chi connectivity index (χ1n) is 27.1. The number of allylic oxidation sites excluding steroid dienone is 6. The van der Waals surface area contributed by atoms with Crippen molar-refractivity contribution in [2.45, 2.75) is 165 Å². The Kier molecular flexibility index (Phi) is 9.84. The molecule has 13 fully saturated rings. The van der Waals surface area contributed by atoms with Crippen molar-refractivity contribution in [1.82, 2.24) is 0 Å². The van der Waals surface area contributed by atoms with Gasteiger partial charge in [0, 0.05) is 11.3 Å². The van der Waals surface area contributed by atoms with Crippen LogP contribution in [0.25, 0.3) is 11.1 Å². The van der Waals surface area contributed by atoms with Gasteiger partial charge in [0.15, 0.2) is 0 Å². The molecule has 17 aliphatic carbocycles. The predicted molar refractivity (Wildman–Crippen MR) is 248 cm³/mol. The molecule has 0 N–H and O–H groups in total. The molecule has 13 saturated carbocycles. The van der Waals surface area contributed by atoms with Crippen LogP contribution in [0.3, 0.4) is 0 Å². The van der Waals surface area contributed by atoms with Crippen molar-refractivity contribution in [3.8, 4) is 11.1 Å². The molecule has 0 nitrogen and oxygen atoms in total. The first-order chi connectivity index (χ1) is 29.7. The summed E-state index contributed by atoms with van der Waals surface area (Å²) in [6.45, 7) is 5.53. The van der Waals surface area contributed by atoms with Crippen LogP contribution < -0.4 is 24.8 Å². The molecule has 64 heavy (non-hydrogen) atoms. The van der Waals surface area contributed by atoms with Crippen LogP contribution in [0.5, 0.6) is 0 Å². The zero-order valence-electron chi connectivity index (χ0n) is 39.1. The summed E-state index contributed by atoms with van der Waals surface area (Å²) in [5, 5.41) is 0. The predicted octanol–water partition coefficient (Wildman–Crippen LogP) is 9.31. The summed E-state index contributed by atoms with van der Waals surface area (Å²) in [7, 11) is 0. The van der Waals surface area contributed by atoms with E-state index in [2.05, 4.69) is 74.5 Å². The minimum Gasteiger partial charge on any atom is -1.00 e. The van der Waals surface area contributed by atoms with Gasteiger partial charge in [-0.1, -0.05) is 80.1 Å². The Labute approximate surface area is 418 Å². The Morgan fingerprint density at radius 3 is 1.39 bits per heavy atom. The minimum atomic E-state index is 0. The molecule has 0 amide bonds. The van der Waals surface area contributed by atoms with E-state index in [0.29, 0.717) is 28.1 Å². The number of halogens is 2. The summed E-state index contributed by atoms with van der Waals surface area (Å²) in [5.74, 6) is 14.1. The smallest absolute Gasteiger partial charge is 1.00 e. The summed E-state index contributed by atoms with van der Waals surface area (Å²) in [6, 6.07) is 17.2. The van der Waals surface area contributed by atoms with Crippen LogP contribution in [0, 0.1) is 99.6 Å². The minimum absolute atomic E-state index is 0. The van der Waals surface area contributed by atoms with Crippen molar-refractivity contribution in [2.24, 2.45) is 99.6 Å². The van der Waals surface area contributed by atoms with E-state index < -0.39 is 0 Å². The standard InChI is InChI=1S/C61H74.2ClH.Zr/c1-34(2)61(54-5-3-4-50(54)55(51-22-35-6-7-45(51)21-35)57(61)60-31-42-18-43(32-60)20-44(19-42)33-60)56-48-10-8-46(58-25-36-12-37(26-58)14-38(13-36)27-58)23-52(48)53-24-47(9-11-49(53)56)59-28-39-15-40(29-59)17-41(16-39)30-59;;;/h3,5-11,23-24,34-45,51,55-57H,4,12-22,25-33H2,1-2H3;2*1H;/q;;;+2/p-2/t35?,36?,37?,38?,39?,40?,41?,42?,43?,44?,45?,51?,55?,56?,57?,58?,59?,60?,61-;;;/m1.../s1. The molecule has 2 aromatic rings. The average Bonchev–Trinajstić information content (AvgIpc) is 4.06. The van der Waals surface area contributed by atoms with Gasteiger partial charge >= 0.3 is 26.2 Å². The fourth-order valence-corrected chi connectivity index (χ4v) is 23.8. The molecule has 0 spiro atoms. The van der Waals surface area contributed by atoms with Gasteiger partial charge in [-0.15, -0.1) is 0 Å². The topological polar surface area (TPSA) is 0 Å². The van der Waals surface area contributed by atoms with Crippen LogP contribution in [0.1, 0.15) is 177 Å². The summed E-state index contributed by atoms with van der Waals surface area (Å²) >= 11 is 0. The third-order valence-electron chi connectivity index (χ3n) is 24.0. The second kappa shape index (κ2) is 14.6. The number of hydrogen-bond donors (Lipinski definition) is 0. The maximum absolute atomic E-state index is 2.94. The van der Waals surface area contributed by atoms with Crippen molar-refractivity contribution < 1.29 is 51.0 Å². The summed E-state index contributed by atoms with van der Waals surface area (Å²) in [4.78, 5) is 0. The van der Waals surface area contributed by atoms with Gasteiger partial charge in [-0.3, -0.25) is 0 Å². The number of rotatable bonds is 6. The van der Waals surface area contributed by atoms with Gasteiger partial charge in [0.1, 0.15) is 0 Å². The van der Waals surface area contributed by atoms with Gasteiger partial charge in [0.25, 0.3) is 0 Å². The van der Waals surface area contributed by atoms with Crippen LogP contribution in [-0.4, -0.2) is 0 Å². The molecular weight excluding hydrogens is 895 g/mol. The summed E-state index contributed by atoms with van der Waals surface area (Å²) in [6.07, 6.45) is 42.5. The van der Waals surface area contributed by atoms with Gasteiger partial charge in [-0.2, -0.15) is 0 Å². The van der Waals surface area contributed by atoms with E-state index >= 15 is 0 Å². The maximum atomic E-state index is 2.94. The van der Waals surface area contributed by atoms with Crippen LogP contribution in [0.15, 0.2) is 71.8 Å². The van der Waals surface area contributed by atoms with Crippen LogP contribution >= 0.6 is 0 Å². The van der Waals surface area contributed by atoms with E-state index in [-0.39, 0.29) is 56.4 Å². The molecule has 0 heterocycles. The quantitative estimate of drug-likeness (QED) is 0.254. The van der Waals surface area contributed by atoms with Gasteiger partial charge in [0.05, 0.1) is 0 Å². The van der Waals surface area contributed by atoms with E-state index in [4.69, 9.17) is 0 Å². The van der Waals surface area contributed by atoms with Gasteiger partial charge in [0.2, 0.25) is 0 Å². The van der Waals surface area contributed by atoms with E-state index in [9.17, 15) is 0 Å². The molecule has 5 unspecified atom stereocenters. The number of benzene rings is 2. The molecule has 0 aliphatic heterocycles. The van der Waals surface area contributed by atoms with E-state index in [1.54, 1.807) is 71.9 Å². The largest absolute Gasteiger partial charge is 2.00 e. The van der Waals surface area contributed by atoms with Crippen LogP contribution in [0.2, 0.25) is 0 Å². The Hall–Kier alpha value is -0.877. The molecule has 2 aromatic carbocycles. The van der Waals surface area contributed by atoms with E-state index in [1.807, 2.05) is 11.1 Å². The summed E-state index contributed by atoms with van der Waals surface area (Å²) < 4.78 is 0. The van der Waals surface area contributed by atoms with E-state index in [1.165, 1.54) is 96.3 Å². The Morgan fingerprint density at radius 2 is 0.984 bits per heavy atom. The molecule has 17 aliphatic rings. The van der Waals surface area contributed by atoms with Crippen molar-refractivity contribution in [3.63, 3.8) is 0 Å². The second-order valence-corrected chi connectivity index (χ2v) is 27.3. The van der Waals surface area contributed by atoms with Crippen molar-refractivity contribution in [3.05, 3.63) is 94.1 Å². The molecule has 14 bridgehead atoms. The second-order valence-electron chi connectivity index (χ2n) is 27.3. The molecule has 0 aromatic heterocycles. The van der Waals surface area contributed by atoms with Crippen molar-refractivity contribution in [1.29, 1.82) is 0 Å². The third-order valence-corrected chi connectivity index (χ3v) is 24.0. The van der Waals surface area contributed by atoms with Gasteiger partial charge in [-0.25, -0.2) is 0 Å². The fourth-order valence-electron chi connectivity index (χ4n) is 23.8. The zero-order valence-corrected chi connectivity index (χ0v) is 43.1. The molecular formula is C61H74Cl2Zr. The Morgan fingerprint density at radius 1 is 0.531 bits per heavy atom. The van der Waals surface area contributed by atoms with Crippen molar-refractivity contribution in [2.75, 3.05) is 0 Å². The van der Waals surface area contributed by atoms with Gasteiger partial charge in [-0.05, 0) is 279 Å². The zero-order chi connectivity index (χ0) is 39.8. The Balaban J connectivity index is 0.00000138. The number of hydrogen-bond acceptors (Lipinski definition) is 0. The van der Waals surface area contributed by atoms with Crippen LogP contribution in [-0.2, 0) is 37.0 Å². The van der Waals surface area contributed by atoms with Crippen LogP contribution in [0.4, 0.5) is 0 Å². The molecule has 0 saturated heterocycles. The molecule has 0 radical (unpaired) electrons. The van der Waals surface area contributed by atoms with Crippen molar-refractivity contribution >= 4 is 0 Å². The maximum Gasteiger partial charge on any atom is 2.00 e. The number of fused-ring (bicyclic) bond motifs is 5. The van der Waals surface area contributed by atoms with E-state index in [0.717, 1.165) is 82.9 Å². The third kappa shape index (κ3) is 5.57. The molecule has 6 atom stereocenters. The van der Waals surface area contributed by atoms with Gasteiger partial charge < -0.3 is 24.8 Å². The monoisotopic (exact) mass is 966 g/mol. The fraction of sp³-hybridized carbons (Fsp3) is 0.705. The SMILES string of the molecule is CC(C)[C@]1(C2c3ccc(C45CC6CC(CC(C6)C4)C5)cc3-c3cc(C45CC6CC(CC(C6)C4)C5)ccc32)C2=C(CC=C2)C(C2CC3C=CC2C3)C1C12CC3CC(CC(C3)C1)C2.[Cl-].[Cl-].[Zr+2]. The molecule has 336 valence electrons. The molecule has 3 heteroatoms. The first-order valence-corrected chi connectivity index (χ1v) is 27.1. The average molecular weight is 969 g/mol. The normalized spacial score (nSPS) is 50.3. The molecule has 19 rings (SSSR count). The first kappa shape index (κ1) is 43.2. The summed E-state index contributed by atoms with van der Waals surface area (Å²) in [5.41, 5.74) is 15.9.